The largest absolute Gasteiger partial charge is 0.353 e. The molecule has 0 unspecified atom stereocenters. The van der Waals surface area contributed by atoms with Crippen LogP contribution in [0.15, 0.2) is 0 Å². The van der Waals surface area contributed by atoms with E-state index < -0.39 is 0 Å². The van der Waals surface area contributed by atoms with Crippen molar-refractivity contribution in [1.82, 2.24) is 15.1 Å². The van der Waals surface area contributed by atoms with Crippen LogP contribution in [0.3, 0.4) is 0 Å². The first-order valence-corrected chi connectivity index (χ1v) is 6.45. The Morgan fingerprint density at radius 1 is 1.15 bits per heavy atom. The highest BCUT2D eigenvalue weighted by atomic mass is 35.5. The first-order chi connectivity index (χ1) is 8.00. The van der Waals surface area contributed by atoms with Crippen molar-refractivity contribution in [3.8, 4) is 0 Å². The Morgan fingerprint density at radius 3 is 2.10 bits per heavy atom. The maximum absolute atomic E-state index is 11.6. The molecule has 8 heteroatoms. The fraction of sp³-hybridized carbons (Fsp3) is 0.917. The van der Waals surface area contributed by atoms with E-state index in [-0.39, 0.29) is 55.1 Å². The maximum atomic E-state index is 11.6. The summed E-state index contributed by atoms with van der Waals surface area (Å²) in [6.07, 6.45) is 0. The first-order valence-electron chi connectivity index (χ1n) is 6.45. The highest BCUT2D eigenvalue weighted by molar-refractivity contribution is 5.86. The molecular weight excluding hydrogens is 323 g/mol. The van der Waals surface area contributed by atoms with E-state index in [9.17, 15) is 4.79 Å². The zero-order valence-corrected chi connectivity index (χ0v) is 15.0. The number of carbonyl (C=O) groups excluding carboxylic acids is 1. The molecule has 124 valence electrons. The summed E-state index contributed by atoms with van der Waals surface area (Å²) < 4.78 is 0. The van der Waals surface area contributed by atoms with E-state index in [4.69, 9.17) is 5.73 Å². The third-order valence-electron chi connectivity index (χ3n) is 3.34. The predicted molar refractivity (Wildman–Crippen MR) is 91.5 cm³/mol. The average molecular weight is 352 g/mol. The number of hydrogen-bond acceptors (Lipinski definition) is 4. The van der Waals surface area contributed by atoms with Gasteiger partial charge in [0.25, 0.3) is 0 Å². The van der Waals surface area contributed by atoms with E-state index in [0.29, 0.717) is 6.54 Å². The fourth-order valence-corrected chi connectivity index (χ4v) is 1.83. The SMILES string of the molecule is CC(C)[C@@H](N)C(=O)NCCN1CCN(C)CC1.Cl.Cl.Cl. The van der Waals surface area contributed by atoms with E-state index in [0.717, 1.165) is 32.7 Å². The summed E-state index contributed by atoms with van der Waals surface area (Å²) >= 11 is 0. The minimum Gasteiger partial charge on any atom is -0.353 e. The molecule has 3 N–H and O–H groups in total. The van der Waals surface area contributed by atoms with Crippen LogP contribution in [-0.2, 0) is 4.79 Å². The molecule has 1 aliphatic heterocycles. The van der Waals surface area contributed by atoms with E-state index in [1.165, 1.54) is 0 Å². The third-order valence-corrected chi connectivity index (χ3v) is 3.34. The molecule has 0 spiro atoms. The van der Waals surface area contributed by atoms with Crippen molar-refractivity contribution in [3.05, 3.63) is 0 Å². The summed E-state index contributed by atoms with van der Waals surface area (Å²) in [5.41, 5.74) is 5.77. The van der Waals surface area contributed by atoms with Crippen molar-refractivity contribution in [3.63, 3.8) is 0 Å². The lowest BCUT2D eigenvalue weighted by Crippen LogP contribution is -2.49. The predicted octanol–water partition coefficient (Wildman–Crippen LogP) is 0.599. The number of likely N-dealkylation sites (N-methyl/N-ethyl adjacent to an activating group) is 1. The number of nitrogens with two attached hydrogens (primary N) is 1. The summed E-state index contributed by atoms with van der Waals surface area (Å²) in [5.74, 6) is 0.160. The number of amides is 1. The summed E-state index contributed by atoms with van der Waals surface area (Å²) in [6.45, 7) is 9.94. The average Bonchev–Trinajstić information content (AvgIpc) is 2.30. The van der Waals surface area contributed by atoms with E-state index in [1.807, 2.05) is 13.8 Å². The van der Waals surface area contributed by atoms with Gasteiger partial charge in [-0.05, 0) is 13.0 Å². The first kappa shape index (κ1) is 25.2. The second kappa shape index (κ2) is 12.9. The molecule has 1 fully saturated rings. The number of piperazine rings is 1. The molecule has 5 nitrogen and oxygen atoms in total. The van der Waals surface area contributed by atoms with Crippen LogP contribution in [0.5, 0.6) is 0 Å². The molecule has 0 radical (unpaired) electrons. The molecule has 1 atom stereocenters. The molecule has 0 saturated carbocycles. The van der Waals surface area contributed by atoms with Gasteiger partial charge in [0.05, 0.1) is 6.04 Å². The van der Waals surface area contributed by atoms with Crippen LogP contribution < -0.4 is 11.1 Å². The molecule has 1 amide bonds. The Kier molecular flexibility index (Phi) is 16.3. The van der Waals surface area contributed by atoms with Gasteiger partial charge in [-0.3, -0.25) is 9.69 Å². The number of nitrogens with one attached hydrogen (secondary N) is 1. The Balaban J connectivity index is -0.000000963. The van der Waals surface area contributed by atoms with Crippen LogP contribution in [0.4, 0.5) is 0 Å². The van der Waals surface area contributed by atoms with Gasteiger partial charge in [0.1, 0.15) is 0 Å². The number of hydrogen-bond donors (Lipinski definition) is 2. The molecule has 20 heavy (non-hydrogen) atoms. The molecule has 0 aliphatic carbocycles. The van der Waals surface area contributed by atoms with Gasteiger partial charge in [-0.15, -0.1) is 37.2 Å². The molecule has 0 aromatic carbocycles. The lowest BCUT2D eigenvalue weighted by molar-refractivity contribution is -0.123. The molecule has 1 rings (SSSR count). The Hall–Kier alpha value is 0.220. The van der Waals surface area contributed by atoms with Gasteiger partial charge >= 0.3 is 0 Å². The van der Waals surface area contributed by atoms with Gasteiger partial charge in [-0.2, -0.15) is 0 Å². The molecule has 1 saturated heterocycles. The molecular formula is C12H29Cl3N4O. The minimum absolute atomic E-state index is 0. The van der Waals surface area contributed by atoms with Gasteiger partial charge in [0, 0.05) is 39.3 Å². The van der Waals surface area contributed by atoms with Crippen molar-refractivity contribution in [2.75, 3.05) is 46.3 Å². The Labute approximate surface area is 141 Å². The van der Waals surface area contributed by atoms with Gasteiger partial charge in [-0.1, -0.05) is 13.8 Å². The van der Waals surface area contributed by atoms with Gasteiger partial charge in [0.15, 0.2) is 0 Å². The minimum atomic E-state index is -0.387. The third kappa shape index (κ3) is 9.21. The van der Waals surface area contributed by atoms with Crippen molar-refractivity contribution >= 4 is 43.1 Å². The van der Waals surface area contributed by atoms with Crippen molar-refractivity contribution < 1.29 is 4.79 Å². The zero-order valence-electron chi connectivity index (χ0n) is 12.5. The van der Waals surface area contributed by atoms with Crippen LogP contribution in [0.25, 0.3) is 0 Å². The lowest BCUT2D eigenvalue weighted by Gasteiger charge is -2.32. The normalized spacial score (nSPS) is 17.4. The number of halogens is 3. The summed E-state index contributed by atoms with van der Waals surface area (Å²) in [7, 11) is 2.14. The lowest BCUT2D eigenvalue weighted by atomic mass is 10.1. The fourth-order valence-electron chi connectivity index (χ4n) is 1.83. The molecule has 0 aromatic heterocycles. The second-order valence-corrected chi connectivity index (χ2v) is 5.21. The second-order valence-electron chi connectivity index (χ2n) is 5.21. The van der Waals surface area contributed by atoms with Crippen molar-refractivity contribution in [1.29, 1.82) is 0 Å². The number of rotatable bonds is 5. The number of carbonyl (C=O) groups is 1. The molecule has 0 aromatic rings. The van der Waals surface area contributed by atoms with Gasteiger partial charge < -0.3 is 16.0 Å². The topological polar surface area (TPSA) is 61.6 Å². The van der Waals surface area contributed by atoms with Crippen LogP contribution >= 0.6 is 37.2 Å². The molecule has 1 heterocycles. The van der Waals surface area contributed by atoms with Crippen LogP contribution in [0.2, 0.25) is 0 Å². The highest BCUT2D eigenvalue weighted by Gasteiger charge is 2.17. The van der Waals surface area contributed by atoms with Crippen LogP contribution in [-0.4, -0.2) is 68.1 Å². The standard InChI is InChI=1S/C12H26N4O.3ClH/c1-10(2)11(13)12(17)14-4-5-16-8-6-15(3)7-9-16;;;/h10-11H,4-9,13H2,1-3H3,(H,14,17);3*1H/t11-;;;/m1.../s1. The Morgan fingerprint density at radius 2 is 1.65 bits per heavy atom. The molecule has 1 aliphatic rings. The highest BCUT2D eigenvalue weighted by Crippen LogP contribution is 1.99. The summed E-state index contributed by atoms with van der Waals surface area (Å²) in [5, 5.41) is 2.90. The van der Waals surface area contributed by atoms with Crippen LogP contribution in [0.1, 0.15) is 13.8 Å². The zero-order chi connectivity index (χ0) is 12.8. The summed E-state index contributed by atoms with van der Waals surface area (Å²) in [4.78, 5) is 16.3. The molecule has 0 bridgehead atoms. The van der Waals surface area contributed by atoms with Gasteiger partial charge in [0.2, 0.25) is 5.91 Å². The maximum Gasteiger partial charge on any atom is 0.237 e. The van der Waals surface area contributed by atoms with Crippen LogP contribution in [0, 0.1) is 5.92 Å². The van der Waals surface area contributed by atoms with Crippen molar-refractivity contribution in [2.45, 2.75) is 19.9 Å². The quantitative estimate of drug-likeness (QED) is 0.761. The van der Waals surface area contributed by atoms with Gasteiger partial charge in [-0.25, -0.2) is 0 Å². The van der Waals surface area contributed by atoms with E-state index >= 15 is 0 Å². The monoisotopic (exact) mass is 350 g/mol. The smallest absolute Gasteiger partial charge is 0.237 e. The van der Waals surface area contributed by atoms with Crippen molar-refractivity contribution in [2.24, 2.45) is 11.7 Å². The summed E-state index contributed by atoms with van der Waals surface area (Å²) in [6, 6.07) is -0.387. The van der Waals surface area contributed by atoms with E-state index in [1.54, 1.807) is 0 Å². The Bertz CT molecular complexity index is 249. The number of nitrogens with zero attached hydrogens (tertiary/aromatic N) is 2. The van der Waals surface area contributed by atoms with E-state index in [2.05, 4.69) is 22.2 Å².